The molecule has 0 spiro atoms. The fourth-order valence-corrected chi connectivity index (χ4v) is 9.63. The van der Waals surface area contributed by atoms with Crippen LogP contribution in [0.3, 0.4) is 0 Å². The molecular formula is C44H49ClN10O3S. The minimum absolute atomic E-state index is 0.0388. The Morgan fingerprint density at radius 2 is 1.76 bits per heavy atom. The quantitative estimate of drug-likeness (QED) is 0.128. The topological polar surface area (TPSA) is 155 Å². The fraction of sp³-hybridized carbons (Fsp3) is 0.386. The molecule has 0 aliphatic carbocycles. The first kappa shape index (κ1) is 40.2. The number of hydrogen-bond donors (Lipinski definition) is 3. The van der Waals surface area contributed by atoms with Crippen LogP contribution in [0.5, 0.6) is 0 Å². The Hall–Kier alpha value is -5.60. The van der Waals surface area contributed by atoms with Gasteiger partial charge in [0, 0.05) is 75.6 Å². The summed E-state index contributed by atoms with van der Waals surface area (Å²) in [6, 6.07) is 13.1. The molecule has 0 unspecified atom stereocenters. The number of amides is 2. The average Bonchev–Trinajstić information content (AvgIpc) is 3.87. The predicted molar refractivity (Wildman–Crippen MR) is 234 cm³/mol. The third kappa shape index (κ3) is 7.83. The maximum absolute atomic E-state index is 14.1. The molecule has 2 aliphatic heterocycles. The van der Waals surface area contributed by atoms with Crippen LogP contribution in [-0.4, -0.2) is 71.6 Å². The van der Waals surface area contributed by atoms with E-state index in [4.69, 9.17) is 16.6 Å². The Labute approximate surface area is 351 Å². The van der Waals surface area contributed by atoms with Crippen molar-refractivity contribution in [2.75, 3.05) is 25.0 Å². The van der Waals surface area contributed by atoms with Gasteiger partial charge in [-0.25, -0.2) is 0 Å². The summed E-state index contributed by atoms with van der Waals surface area (Å²) in [6.45, 7) is 16.1. The smallest absolute Gasteiger partial charge is 0.253 e. The van der Waals surface area contributed by atoms with Crippen molar-refractivity contribution >= 4 is 57.1 Å². The Morgan fingerprint density at radius 1 is 1.02 bits per heavy atom. The van der Waals surface area contributed by atoms with E-state index in [1.807, 2.05) is 72.8 Å². The number of piperidine rings is 1. The first-order valence-corrected chi connectivity index (χ1v) is 21.3. The molecule has 2 aromatic carbocycles. The zero-order valence-corrected chi connectivity index (χ0v) is 36.0. The number of halogens is 1. The number of aromatic nitrogens is 6. The molecule has 1 atom stereocenters. The van der Waals surface area contributed by atoms with Gasteiger partial charge in [0.1, 0.15) is 16.9 Å². The Bertz CT molecular complexity index is 2680. The zero-order chi connectivity index (χ0) is 41.7. The van der Waals surface area contributed by atoms with E-state index in [1.165, 1.54) is 4.88 Å². The number of anilines is 1. The number of aliphatic imine (C=N–C) groups is 1. The summed E-state index contributed by atoms with van der Waals surface area (Å²) in [5, 5.41) is 22.6. The SMILES string of the molecule is Cc1cc(C)c(CNC(=O)c2cc(NCC3CCN(C(=O)C[C@@H]4N=C(c5ccc(Cl)cc5)c5c(sc(C)c5C)-n5c(C)nnc54)CC3)cc3c2cnn3C(C)C)c(=O)[nH]1. The third-order valence-corrected chi connectivity index (χ3v) is 13.1. The van der Waals surface area contributed by atoms with Gasteiger partial charge in [0.05, 0.1) is 29.4 Å². The zero-order valence-electron chi connectivity index (χ0n) is 34.4. The van der Waals surface area contributed by atoms with Crippen LogP contribution in [-0.2, 0) is 11.3 Å². The largest absolute Gasteiger partial charge is 0.385 e. The van der Waals surface area contributed by atoms with Crippen molar-refractivity contribution in [2.24, 2.45) is 10.9 Å². The number of hydrogen-bond acceptors (Lipinski definition) is 9. The van der Waals surface area contributed by atoms with Crippen LogP contribution in [0.15, 0.2) is 58.4 Å². The lowest BCUT2D eigenvalue weighted by Crippen LogP contribution is -2.40. The minimum Gasteiger partial charge on any atom is -0.385 e. The third-order valence-electron chi connectivity index (χ3n) is 11.7. The van der Waals surface area contributed by atoms with Crippen molar-refractivity contribution in [3.63, 3.8) is 0 Å². The van der Waals surface area contributed by atoms with Crippen molar-refractivity contribution in [1.82, 2.24) is 39.7 Å². The minimum atomic E-state index is -0.518. The molecule has 2 aliphatic rings. The van der Waals surface area contributed by atoms with Crippen molar-refractivity contribution in [3.8, 4) is 5.00 Å². The molecule has 2 amide bonds. The number of H-pyrrole nitrogens is 1. The van der Waals surface area contributed by atoms with E-state index in [0.29, 0.717) is 47.5 Å². The number of benzene rings is 2. The van der Waals surface area contributed by atoms with Crippen molar-refractivity contribution in [1.29, 1.82) is 0 Å². The molecule has 8 rings (SSSR count). The number of aryl methyl sites for hydroxylation is 4. The molecule has 0 bridgehead atoms. The van der Waals surface area contributed by atoms with Crippen LogP contribution < -0.4 is 16.2 Å². The van der Waals surface area contributed by atoms with Gasteiger partial charge in [0.25, 0.3) is 11.5 Å². The number of carbonyl (C=O) groups is 2. The van der Waals surface area contributed by atoms with Crippen LogP contribution in [0.25, 0.3) is 15.9 Å². The number of carbonyl (C=O) groups excluding carboxylic acids is 2. The summed E-state index contributed by atoms with van der Waals surface area (Å²) in [6.07, 6.45) is 3.57. The van der Waals surface area contributed by atoms with Gasteiger partial charge in [-0.3, -0.25) is 28.6 Å². The van der Waals surface area contributed by atoms with E-state index in [2.05, 4.69) is 63.2 Å². The van der Waals surface area contributed by atoms with Gasteiger partial charge in [-0.15, -0.1) is 21.5 Å². The Balaban J connectivity index is 0.961. The van der Waals surface area contributed by atoms with E-state index < -0.39 is 6.04 Å². The number of nitrogens with one attached hydrogen (secondary N) is 3. The summed E-state index contributed by atoms with van der Waals surface area (Å²) >= 11 is 7.98. The van der Waals surface area contributed by atoms with Crippen LogP contribution in [0.1, 0.15) is 106 Å². The lowest BCUT2D eigenvalue weighted by molar-refractivity contribution is -0.133. The highest BCUT2D eigenvalue weighted by atomic mass is 35.5. The van der Waals surface area contributed by atoms with E-state index in [1.54, 1.807) is 17.5 Å². The Morgan fingerprint density at radius 3 is 2.47 bits per heavy atom. The monoisotopic (exact) mass is 832 g/mol. The standard InChI is InChI=1S/C44H49ClN10O3S/c1-23(2)55-37-18-32(17-33(35(37)22-48-55)42(57)47-21-34-24(3)16-25(4)49-43(34)58)46-20-29-12-14-53(15-13-29)38(56)19-36-41-52-51-28(7)54(41)44-39(26(5)27(6)59-44)40(50-36)30-8-10-31(45)11-9-30/h8-11,16-18,22-23,29,36,46H,12-15,19-21H2,1-7H3,(H,47,57)(H,49,58)/t36-/m0/s1. The van der Waals surface area contributed by atoms with Crippen LogP contribution in [0.2, 0.25) is 5.02 Å². The first-order chi connectivity index (χ1) is 28.3. The summed E-state index contributed by atoms with van der Waals surface area (Å²) < 4.78 is 3.99. The summed E-state index contributed by atoms with van der Waals surface area (Å²) in [4.78, 5) is 51.7. The molecule has 1 fully saturated rings. The molecule has 15 heteroatoms. The number of thiophene rings is 1. The highest BCUT2D eigenvalue weighted by molar-refractivity contribution is 7.15. The molecule has 3 N–H and O–H groups in total. The van der Waals surface area contributed by atoms with E-state index in [9.17, 15) is 14.4 Å². The molecule has 4 aromatic heterocycles. The van der Waals surface area contributed by atoms with Gasteiger partial charge in [-0.05, 0) is 109 Å². The number of likely N-dealkylation sites (tertiary alicyclic amines) is 1. The molecule has 13 nitrogen and oxygen atoms in total. The van der Waals surface area contributed by atoms with E-state index >= 15 is 0 Å². The molecule has 306 valence electrons. The molecule has 1 saturated heterocycles. The van der Waals surface area contributed by atoms with Gasteiger partial charge in [-0.1, -0.05) is 23.7 Å². The van der Waals surface area contributed by atoms with Crippen LogP contribution in [0.4, 0.5) is 5.69 Å². The first-order valence-electron chi connectivity index (χ1n) is 20.1. The second-order valence-corrected chi connectivity index (χ2v) is 17.7. The maximum Gasteiger partial charge on any atom is 0.253 e. The highest BCUT2D eigenvalue weighted by Gasteiger charge is 2.34. The highest BCUT2D eigenvalue weighted by Crippen LogP contribution is 2.40. The lowest BCUT2D eigenvalue weighted by atomic mass is 9.96. The Kier molecular flexibility index (Phi) is 11.0. The molecule has 6 aromatic rings. The van der Waals surface area contributed by atoms with Crippen molar-refractivity contribution in [3.05, 3.63) is 120 Å². The summed E-state index contributed by atoms with van der Waals surface area (Å²) in [5.41, 5.74) is 8.05. The van der Waals surface area contributed by atoms with Gasteiger partial charge in [0.2, 0.25) is 5.91 Å². The molecule has 0 saturated carbocycles. The summed E-state index contributed by atoms with van der Waals surface area (Å²) in [5.74, 6) is 1.51. The second kappa shape index (κ2) is 16.2. The van der Waals surface area contributed by atoms with E-state index in [0.717, 1.165) is 73.9 Å². The molecular weight excluding hydrogens is 784 g/mol. The molecule has 0 radical (unpaired) electrons. The lowest BCUT2D eigenvalue weighted by Gasteiger charge is -2.33. The number of rotatable bonds is 10. The van der Waals surface area contributed by atoms with Gasteiger partial charge in [-0.2, -0.15) is 5.10 Å². The van der Waals surface area contributed by atoms with Gasteiger partial charge in [0.15, 0.2) is 5.82 Å². The average molecular weight is 833 g/mol. The number of aromatic amines is 1. The van der Waals surface area contributed by atoms with Crippen molar-refractivity contribution < 1.29 is 9.59 Å². The van der Waals surface area contributed by atoms with Gasteiger partial charge < -0.3 is 20.5 Å². The number of pyridine rings is 1. The van der Waals surface area contributed by atoms with Crippen LogP contribution >= 0.6 is 22.9 Å². The van der Waals surface area contributed by atoms with Crippen LogP contribution in [0, 0.1) is 40.5 Å². The van der Waals surface area contributed by atoms with Gasteiger partial charge >= 0.3 is 0 Å². The normalized spacial score (nSPS) is 15.6. The number of nitrogens with zero attached hydrogens (tertiary/aromatic N) is 7. The fourth-order valence-electron chi connectivity index (χ4n) is 8.29. The summed E-state index contributed by atoms with van der Waals surface area (Å²) in [7, 11) is 0. The predicted octanol–water partition coefficient (Wildman–Crippen LogP) is 7.71. The molecule has 59 heavy (non-hydrogen) atoms. The second-order valence-electron chi connectivity index (χ2n) is 16.1. The maximum atomic E-state index is 14.1. The number of fused-ring (bicyclic) bond motifs is 4. The van der Waals surface area contributed by atoms with Crippen molar-refractivity contribution in [2.45, 2.75) is 86.4 Å². The van der Waals surface area contributed by atoms with E-state index in [-0.39, 0.29) is 36.4 Å². The molecule has 6 heterocycles.